The van der Waals surface area contributed by atoms with E-state index in [1.807, 2.05) is 0 Å². The van der Waals surface area contributed by atoms with Gasteiger partial charge in [0.05, 0.1) is 18.9 Å². The molecular formula is C12H15N5O3. The van der Waals surface area contributed by atoms with Crippen LogP contribution >= 0.6 is 0 Å². The second-order valence-electron chi connectivity index (χ2n) is 3.99. The number of nitrogens with zero attached hydrogens (tertiary/aromatic N) is 4. The van der Waals surface area contributed by atoms with Crippen LogP contribution in [-0.2, 0) is 29.3 Å². The summed E-state index contributed by atoms with van der Waals surface area (Å²) >= 11 is 0. The lowest BCUT2D eigenvalue weighted by atomic mass is 10.3. The number of carbonyl (C=O) groups is 1. The van der Waals surface area contributed by atoms with E-state index in [-0.39, 0.29) is 25.7 Å². The summed E-state index contributed by atoms with van der Waals surface area (Å²) in [6.45, 7) is -0.0530. The molecule has 0 radical (unpaired) electrons. The van der Waals surface area contributed by atoms with Crippen molar-refractivity contribution in [3.05, 3.63) is 35.8 Å². The fourth-order valence-electron chi connectivity index (χ4n) is 1.67. The van der Waals surface area contributed by atoms with Crippen molar-refractivity contribution in [3.63, 3.8) is 0 Å². The van der Waals surface area contributed by atoms with Crippen LogP contribution < -0.4 is 5.32 Å². The molecule has 20 heavy (non-hydrogen) atoms. The van der Waals surface area contributed by atoms with Gasteiger partial charge < -0.3 is 15.2 Å². The number of hydrogen-bond donors (Lipinski definition) is 2. The minimum atomic E-state index is -0.282. The zero-order chi connectivity index (χ0) is 14.4. The topological polar surface area (TPSA) is 102 Å². The number of carbonyl (C=O) groups excluding carboxylic acids is 1. The number of pyridine rings is 1. The summed E-state index contributed by atoms with van der Waals surface area (Å²) in [6.07, 6.45) is 1.59. The SMILES string of the molecule is COCc1c(CO)nnn1CC(=O)Nc1ccccn1. The van der Waals surface area contributed by atoms with E-state index >= 15 is 0 Å². The predicted octanol–water partition coefficient (Wildman–Crippen LogP) is -0.0495. The third kappa shape index (κ3) is 3.37. The Kier molecular flexibility index (Phi) is 4.75. The maximum absolute atomic E-state index is 11.9. The van der Waals surface area contributed by atoms with Gasteiger partial charge in [-0.05, 0) is 12.1 Å². The van der Waals surface area contributed by atoms with E-state index in [4.69, 9.17) is 9.84 Å². The van der Waals surface area contributed by atoms with Gasteiger partial charge in [-0.2, -0.15) is 0 Å². The molecule has 2 N–H and O–H groups in total. The Morgan fingerprint density at radius 3 is 3.00 bits per heavy atom. The van der Waals surface area contributed by atoms with Crippen molar-refractivity contribution >= 4 is 11.7 Å². The summed E-state index contributed by atoms with van der Waals surface area (Å²) in [5.74, 6) is 0.184. The van der Waals surface area contributed by atoms with E-state index < -0.39 is 0 Å². The number of anilines is 1. The maximum atomic E-state index is 11.9. The van der Waals surface area contributed by atoms with Crippen molar-refractivity contribution in [1.29, 1.82) is 0 Å². The Balaban J connectivity index is 2.06. The molecule has 0 saturated heterocycles. The lowest BCUT2D eigenvalue weighted by Crippen LogP contribution is -2.21. The molecule has 2 aromatic heterocycles. The lowest BCUT2D eigenvalue weighted by molar-refractivity contribution is -0.117. The minimum absolute atomic E-state index is 0.0255. The Labute approximate surface area is 115 Å². The Hall–Kier alpha value is -2.32. The van der Waals surface area contributed by atoms with E-state index in [0.29, 0.717) is 17.2 Å². The maximum Gasteiger partial charge on any atom is 0.247 e. The van der Waals surface area contributed by atoms with Crippen LogP contribution in [0, 0.1) is 0 Å². The highest BCUT2D eigenvalue weighted by atomic mass is 16.5. The van der Waals surface area contributed by atoms with E-state index in [0.717, 1.165) is 0 Å². The Bertz CT molecular complexity index is 570. The molecule has 0 saturated carbocycles. The molecule has 0 unspecified atom stereocenters. The molecule has 0 spiro atoms. The number of aromatic nitrogens is 4. The summed E-state index contributed by atoms with van der Waals surface area (Å²) in [4.78, 5) is 15.9. The number of ether oxygens (including phenoxy) is 1. The standard InChI is InChI=1S/C12H15N5O3/c1-20-8-10-9(7-18)15-16-17(10)6-12(19)14-11-4-2-3-5-13-11/h2-5,18H,6-8H2,1H3,(H,13,14,19). The van der Waals surface area contributed by atoms with Gasteiger partial charge in [0.2, 0.25) is 5.91 Å². The van der Waals surface area contributed by atoms with Gasteiger partial charge in [0.25, 0.3) is 0 Å². The van der Waals surface area contributed by atoms with Gasteiger partial charge in [-0.3, -0.25) is 4.79 Å². The fourth-order valence-corrected chi connectivity index (χ4v) is 1.67. The van der Waals surface area contributed by atoms with Gasteiger partial charge >= 0.3 is 0 Å². The number of aliphatic hydroxyl groups excluding tert-OH is 1. The molecule has 2 rings (SSSR count). The average molecular weight is 277 g/mol. The molecule has 0 aliphatic carbocycles. The molecule has 1 amide bonds. The van der Waals surface area contributed by atoms with E-state index in [1.54, 1.807) is 24.4 Å². The van der Waals surface area contributed by atoms with Gasteiger partial charge in [0.1, 0.15) is 18.1 Å². The highest BCUT2D eigenvalue weighted by Crippen LogP contribution is 2.08. The van der Waals surface area contributed by atoms with Gasteiger partial charge in [-0.15, -0.1) is 5.10 Å². The second-order valence-corrected chi connectivity index (χ2v) is 3.99. The quantitative estimate of drug-likeness (QED) is 0.767. The summed E-state index contributed by atoms with van der Waals surface area (Å²) in [5.41, 5.74) is 0.976. The number of methoxy groups -OCH3 is 1. The van der Waals surface area contributed by atoms with Gasteiger partial charge in [0, 0.05) is 13.3 Å². The number of nitrogens with one attached hydrogen (secondary N) is 1. The van der Waals surface area contributed by atoms with Crippen LogP contribution in [0.2, 0.25) is 0 Å². The van der Waals surface area contributed by atoms with Crippen molar-refractivity contribution in [2.45, 2.75) is 19.8 Å². The van der Waals surface area contributed by atoms with Crippen LogP contribution in [0.5, 0.6) is 0 Å². The molecule has 0 bridgehead atoms. The van der Waals surface area contributed by atoms with Gasteiger partial charge in [-0.25, -0.2) is 9.67 Å². The number of aliphatic hydroxyl groups is 1. The average Bonchev–Trinajstić information content (AvgIpc) is 2.82. The molecule has 2 aromatic rings. The molecule has 0 aliphatic heterocycles. The molecule has 2 heterocycles. The van der Waals surface area contributed by atoms with Crippen LogP contribution in [0.4, 0.5) is 5.82 Å². The zero-order valence-electron chi connectivity index (χ0n) is 11.0. The van der Waals surface area contributed by atoms with Crippen molar-refractivity contribution in [2.75, 3.05) is 12.4 Å². The third-order valence-corrected chi connectivity index (χ3v) is 2.57. The molecule has 0 atom stereocenters. The van der Waals surface area contributed by atoms with E-state index in [9.17, 15) is 4.79 Å². The van der Waals surface area contributed by atoms with E-state index in [1.165, 1.54) is 11.8 Å². The third-order valence-electron chi connectivity index (χ3n) is 2.57. The second kappa shape index (κ2) is 6.73. The zero-order valence-corrected chi connectivity index (χ0v) is 11.0. The fraction of sp³-hybridized carbons (Fsp3) is 0.333. The molecule has 0 aliphatic rings. The summed E-state index contributed by atoms with van der Waals surface area (Å²) < 4.78 is 6.41. The predicted molar refractivity (Wildman–Crippen MR) is 69.5 cm³/mol. The first-order valence-corrected chi connectivity index (χ1v) is 5.96. The number of rotatable bonds is 6. The molecule has 8 nitrogen and oxygen atoms in total. The number of amides is 1. The number of hydrogen-bond acceptors (Lipinski definition) is 6. The first kappa shape index (κ1) is 14.1. The summed E-state index contributed by atoms with van der Waals surface area (Å²) in [7, 11) is 1.52. The Morgan fingerprint density at radius 1 is 1.50 bits per heavy atom. The monoisotopic (exact) mass is 277 g/mol. The highest BCUT2D eigenvalue weighted by molar-refractivity contribution is 5.89. The minimum Gasteiger partial charge on any atom is -0.390 e. The van der Waals surface area contributed by atoms with Crippen LogP contribution in [-0.4, -0.2) is 38.1 Å². The summed E-state index contributed by atoms with van der Waals surface area (Å²) in [6, 6.07) is 5.23. The van der Waals surface area contributed by atoms with Crippen LogP contribution in [0.25, 0.3) is 0 Å². The largest absolute Gasteiger partial charge is 0.390 e. The smallest absolute Gasteiger partial charge is 0.247 e. The molecule has 106 valence electrons. The van der Waals surface area contributed by atoms with Crippen molar-refractivity contribution < 1.29 is 14.6 Å². The molecular weight excluding hydrogens is 262 g/mol. The summed E-state index contributed by atoms with van der Waals surface area (Å²) in [5, 5.41) is 19.4. The van der Waals surface area contributed by atoms with Crippen molar-refractivity contribution in [1.82, 2.24) is 20.0 Å². The van der Waals surface area contributed by atoms with Crippen molar-refractivity contribution in [2.24, 2.45) is 0 Å². The van der Waals surface area contributed by atoms with E-state index in [2.05, 4.69) is 20.6 Å². The normalized spacial score (nSPS) is 10.5. The molecule has 0 aromatic carbocycles. The van der Waals surface area contributed by atoms with Gasteiger partial charge in [0.15, 0.2) is 0 Å². The van der Waals surface area contributed by atoms with Crippen LogP contribution in [0.1, 0.15) is 11.4 Å². The Morgan fingerprint density at radius 2 is 2.35 bits per heavy atom. The molecule has 0 fully saturated rings. The molecule has 8 heteroatoms. The first-order valence-electron chi connectivity index (χ1n) is 5.96. The first-order chi connectivity index (χ1) is 9.74. The van der Waals surface area contributed by atoms with Crippen LogP contribution in [0.15, 0.2) is 24.4 Å². The lowest BCUT2D eigenvalue weighted by Gasteiger charge is -2.07. The van der Waals surface area contributed by atoms with Gasteiger partial charge in [-0.1, -0.05) is 11.3 Å². The van der Waals surface area contributed by atoms with Crippen LogP contribution in [0.3, 0.4) is 0 Å². The van der Waals surface area contributed by atoms with Crippen molar-refractivity contribution in [3.8, 4) is 0 Å². The highest BCUT2D eigenvalue weighted by Gasteiger charge is 2.14.